The van der Waals surface area contributed by atoms with Gasteiger partial charge in [-0.1, -0.05) is 41.4 Å². The predicted octanol–water partition coefficient (Wildman–Crippen LogP) is 2.61. The molecule has 4 N–H and O–H groups in total. The molecule has 12 heteroatoms. The molecule has 1 heterocycles. The van der Waals surface area contributed by atoms with Crippen LogP contribution in [0.5, 0.6) is 0 Å². The number of anilines is 1. The molecule has 0 saturated heterocycles. The van der Waals surface area contributed by atoms with E-state index in [1.807, 2.05) is 0 Å². The maximum atomic E-state index is 12.0. The number of furan rings is 1. The van der Waals surface area contributed by atoms with Crippen molar-refractivity contribution < 1.29 is 23.6 Å². The van der Waals surface area contributed by atoms with Crippen molar-refractivity contribution in [3.05, 3.63) is 87.8 Å². The summed E-state index contributed by atoms with van der Waals surface area (Å²) in [5.74, 6) is -2.97. The average Bonchev–Trinajstić information content (AvgIpc) is 3.29. The van der Waals surface area contributed by atoms with Crippen LogP contribution < -0.4 is 21.4 Å². The first-order chi connectivity index (χ1) is 16.8. The molecular weight excluding hydrogens is 497 g/mol. The fraction of sp³-hybridized carbons (Fsp3) is 0.0870. The summed E-state index contributed by atoms with van der Waals surface area (Å²) >= 11 is 11.6. The Morgan fingerprint density at radius 2 is 1.51 bits per heavy atom. The minimum absolute atomic E-state index is 0.0604. The van der Waals surface area contributed by atoms with Gasteiger partial charge in [-0.25, -0.2) is 5.43 Å². The number of carbonyl (C=O) groups is 4. The topological polar surface area (TPSA) is 142 Å². The van der Waals surface area contributed by atoms with Crippen LogP contribution in [0.4, 0.5) is 5.69 Å². The molecule has 0 bridgehead atoms. The SMILES string of the molecule is O=C(NCc1ccc(Cl)cc1)C(=O)N/N=C/c1ccc(CNC(=O)C(=O)Nc2cccc(Cl)c2)o1. The van der Waals surface area contributed by atoms with Crippen molar-refractivity contribution in [3.63, 3.8) is 0 Å². The first-order valence-corrected chi connectivity index (χ1v) is 10.8. The van der Waals surface area contributed by atoms with E-state index in [1.54, 1.807) is 48.5 Å². The predicted molar refractivity (Wildman–Crippen MR) is 130 cm³/mol. The largest absolute Gasteiger partial charge is 0.458 e. The van der Waals surface area contributed by atoms with Crippen LogP contribution in [0.1, 0.15) is 17.1 Å². The average molecular weight is 516 g/mol. The normalized spacial score (nSPS) is 10.6. The van der Waals surface area contributed by atoms with E-state index in [-0.39, 0.29) is 18.8 Å². The molecule has 0 atom stereocenters. The molecule has 0 saturated carbocycles. The van der Waals surface area contributed by atoms with Crippen LogP contribution in [0.25, 0.3) is 0 Å². The maximum Gasteiger partial charge on any atom is 0.329 e. The van der Waals surface area contributed by atoms with Gasteiger partial charge in [0.25, 0.3) is 0 Å². The second kappa shape index (κ2) is 12.4. The number of benzene rings is 2. The zero-order valence-corrected chi connectivity index (χ0v) is 19.5. The number of carbonyl (C=O) groups excluding carboxylic acids is 4. The van der Waals surface area contributed by atoms with Crippen molar-refractivity contribution in [3.8, 4) is 0 Å². The summed E-state index contributed by atoms with van der Waals surface area (Å²) in [5, 5.41) is 11.9. The van der Waals surface area contributed by atoms with Crippen LogP contribution in [0.2, 0.25) is 10.0 Å². The number of hydrogen-bond acceptors (Lipinski definition) is 6. The van der Waals surface area contributed by atoms with Crippen molar-refractivity contribution in [2.24, 2.45) is 5.10 Å². The molecule has 0 fully saturated rings. The van der Waals surface area contributed by atoms with Gasteiger partial charge in [0.1, 0.15) is 11.5 Å². The summed E-state index contributed by atoms with van der Waals surface area (Å²) in [6, 6.07) is 16.3. The van der Waals surface area contributed by atoms with Crippen molar-refractivity contribution in [2.75, 3.05) is 5.32 Å². The third-order valence-electron chi connectivity index (χ3n) is 4.32. The number of hydrazone groups is 1. The molecular formula is C23H19Cl2N5O5. The Bertz CT molecular complexity index is 1260. The van der Waals surface area contributed by atoms with E-state index in [4.69, 9.17) is 27.6 Å². The van der Waals surface area contributed by atoms with Crippen molar-refractivity contribution in [2.45, 2.75) is 13.1 Å². The van der Waals surface area contributed by atoms with Gasteiger partial charge in [0, 0.05) is 22.3 Å². The lowest BCUT2D eigenvalue weighted by atomic mass is 10.2. The van der Waals surface area contributed by atoms with Gasteiger partial charge in [-0.3, -0.25) is 19.2 Å². The van der Waals surface area contributed by atoms with Crippen LogP contribution >= 0.6 is 23.2 Å². The molecule has 0 spiro atoms. The zero-order chi connectivity index (χ0) is 25.2. The first-order valence-electron chi connectivity index (χ1n) is 10.1. The summed E-state index contributed by atoms with van der Waals surface area (Å²) in [4.78, 5) is 47.6. The fourth-order valence-corrected chi connectivity index (χ4v) is 2.95. The summed E-state index contributed by atoms with van der Waals surface area (Å²) in [6.45, 7) is 0.0899. The Hall–Kier alpha value is -4.15. The minimum Gasteiger partial charge on any atom is -0.458 e. The summed E-state index contributed by atoms with van der Waals surface area (Å²) in [5.41, 5.74) is 3.24. The van der Waals surface area contributed by atoms with Gasteiger partial charge in [0.15, 0.2) is 0 Å². The Morgan fingerprint density at radius 1 is 0.800 bits per heavy atom. The van der Waals surface area contributed by atoms with E-state index < -0.39 is 23.6 Å². The molecule has 2 aromatic carbocycles. The molecule has 0 aliphatic carbocycles. The highest BCUT2D eigenvalue weighted by Crippen LogP contribution is 2.14. The Kier molecular flexibility index (Phi) is 8.99. The Morgan fingerprint density at radius 3 is 2.26 bits per heavy atom. The third kappa shape index (κ3) is 8.29. The van der Waals surface area contributed by atoms with Crippen LogP contribution in [0.3, 0.4) is 0 Å². The molecule has 3 rings (SSSR count). The van der Waals surface area contributed by atoms with Crippen molar-refractivity contribution >= 4 is 58.7 Å². The quantitative estimate of drug-likeness (QED) is 0.217. The van der Waals surface area contributed by atoms with E-state index in [0.717, 1.165) is 5.56 Å². The molecule has 0 unspecified atom stereocenters. The van der Waals surface area contributed by atoms with Gasteiger partial charge < -0.3 is 20.4 Å². The highest BCUT2D eigenvalue weighted by atomic mass is 35.5. The second-order valence-corrected chi connectivity index (χ2v) is 7.83. The van der Waals surface area contributed by atoms with Gasteiger partial charge in [-0.15, -0.1) is 0 Å². The lowest BCUT2D eigenvalue weighted by molar-refractivity contribution is -0.139. The van der Waals surface area contributed by atoms with Gasteiger partial charge in [-0.2, -0.15) is 5.10 Å². The Labute approximate surface area is 209 Å². The zero-order valence-electron chi connectivity index (χ0n) is 18.0. The van der Waals surface area contributed by atoms with Crippen LogP contribution in [-0.2, 0) is 32.3 Å². The molecule has 0 radical (unpaired) electrons. The van der Waals surface area contributed by atoms with Gasteiger partial charge in [-0.05, 0) is 48.0 Å². The highest BCUT2D eigenvalue weighted by molar-refractivity contribution is 6.39. The monoisotopic (exact) mass is 515 g/mol. The minimum atomic E-state index is -0.958. The van der Waals surface area contributed by atoms with E-state index in [2.05, 4.69) is 26.5 Å². The molecule has 0 aliphatic heterocycles. The molecule has 0 aliphatic rings. The van der Waals surface area contributed by atoms with Gasteiger partial charge in [0.2, 0.25) is 0 Å². The molecule has 1 aromatic heterocycles. The number of hydrogen-bond donors (Lipinski definition) is 4. The number of nitrogens with one attached hydrogen (secondary N) is 4. The van der Waals surface area contributed by atoms with E-state index >= 15 is 0 Å². The fourth-order valence-electron chi connectivity index (χ4n) is 2.63. The number of rotatable bonds is 7. The Balaban J connectivity index is 1.40. The summed E-state index contributed by atoms with van der Waals surface area (Å²) in [7, 11) is 0. The molecule has 10 nitrogen and oxygen atoms in total. The summed E-state index contributed by atoms with van der Waals surface area (Å²) < 4.78 is 5.43. The smallest absolute Gasteiger partial charge is 0.329 e. The summed E-state index contributed by atoms with van der Waals surface area (Å²) in [6.07, 6.45) is 1.18. The lowest BCUT2D eigenvalue weighted by Crippen LogP contribution is -2.37. The third-order valence-corrected chi connectivity index (χ3v) is 4.81. The van der Waals surface area contributed by atoms with E-state index in [1.165, 1.54) is 18.3 Å². The van der Waals surface area contributed by atoms with Crippen LogP contribution in [0.15, 0.2) is 70.2 Å². The second-order valence-electron chi connectivity index (χ2n) is 6.96. The molecule has 35 heavy (non-hydrogen) atoms. The van der Waals surface area contributed by atoms with Crippen LogP contribution in [0, 0.1) is 0 Å². The maximum absolute atomic E-state index is 12.0. The standard InChI is InChI=1S/C23H19Cl2N5O5/c24-15-6-4-14(5-7-15)11-26-21(32)23(34)30-28-13-19-9-8-18(35-19)12-27-20(31)22(33)29-17-3-1-2-16(25)10-17/h1-10,13H,11-12H2,(H,26,32)(H,27,31)(H,29,33)(H,30,34)/b28-13+. The lowest BCUT2D eigenvalue weighted by Gasteiger charge is -2.05. The number of halogens is 2. The molecule has 4 amide bonds. The number of amides is 4. The van der Waals surface area contributed by atoms with Crippen molar-refractivity contribution in [1.82, 2.24) is 16.1 Å². The molecule has 180 valence electrons. The van der Waals surface area contributed by atoms with Crippen LogP contribution in [-0.4, -0.2) is 29.8 Å². The number of nitrogens with zero attached hydrogens (tertiary/aromatic N) is 1. The highest BCUT2D eigenvalue weighted by Gasteiger charge is 2.15. The van der Waals surface area contributed by atoms with Crippen molar-refractivity contribution in [1.29, 1.82) is 0 Å². The van der Waals surface area contributed by atoms with Gasteiger partial charge >= 0.3 is 23.6 Å². The molecule has 3 aromatic rings. The van der Waals surface area contributed by atoms with Gasteiger partial charge in [0.05, 0.1) is 12.8 Å². The van der Waals surface area contributed by atoms with E-state index in [9.17, 15) is 19.2 Å². The first kappa shape index (κ1) is 25.5. The van der Waals surface area contributed by atoms with E-state index in [0.29, 0.717) is 21.5 Å².